The fourth-order valence-electron chi connectivity index (χ4n) is 1.83. The van der Waals surface area contributed by atoms with Gasteiger partial charge in [0.2, 0.25) is 0 Å². The molecule has 0 saturated heterocycles. The van der Waals surface area contributed by atoms with Crippen molar-refractivity contribution < 1.29 is 14.6 Å². The molecule has 1 rings (SSSR count). The number of nitrogens with one attached hydrogen (secondary N) is 1. The Balaban J connectivity index is 2.73. The Morgan fingerprint density at radius 1 is 1.32 bits per heavy atom. The molecule has 0 bridgehead atoms. The van der Waals surface area contributed by atoms with Crippen molar-refractivity contribution in [2.24, 2.45) is 5.92 Å². The highest BCUT2D eigenvalue weighted by molar-refractivity contribution is 5.70. The van der Waals surface area contributed by atoms with E-state index in [4.69, 9.17) is 0 Å². The summed E-state index contributed by atoms with van der Waals surface area (Å²) in [4.78, 5) is 11.4. The fraction of sp³-hybridized carbons (Fsp3) is 0.533. The Kier molecular flexibility index (Phi) is 6.53. The van der Waals surface area contributed by atoms with Crippen molar-refractivity contribution in [2.45, 2.75) is 32.4 Å². The van der Waals surface area contributed by atoms with Gasteiger partial charge in [0.05, 0.1) is 19.6 Å². The molecule has 0 saturated carbocycles. The van der Waals surface area contributed by atoms with Crippen LogP contribution in [0.1, 0.15) is 31.9 Å². The van der Waals surface area contributed by atoms with Gasteiger partial charge in [-0.15, -0.1) is 0 Å². The topological polar surface area (TPSA) is 58.6 Å². The molecule has 4 heteroatoms. The molecule has 0 aromatic heterocycles. The molecule has 1 aromatic rings. The lowest BCUT2D eigenvalue weighted by atomic mass is 9.99. The number of benzene rings is 1. The minimum absolute atomic E-state index is 0.152. The van der Waals surface area contributed by atoms with Crippen LogP contribution in [0.5, 0.6) is 0 Å². The van der Waals surface area contributed by atoms with Crippen LogP contribution in [0.4, 0.5) is 0 Å². The number of hydrogen-bond acceptors (Lipinski definition) is 4. The van der Waals surface area contributed by atoms with E-state index in [1.54, 1.807) is 0 Å². The van der Waals surface area contributed by atoms with Gasteiger partial charge in [0.1, 0.15) is 0 Å². The normalized spacial score (nSPS) is 14.2. The first-order chi connectivity index (χ1) is 9.04. The van der Waals surface area contributed by atoms with Crippen LogP contribution in [-0.4, -0.2) is 30.8 Å². The highest BCUT2D eigenvalue weighted by Crippen LogP contribution is 2.19. The maximum absolute atomic E-state index is 11.4. The summed E-state index contributed by atoms with van der Waals surface area (Å²) in [5.74, 6) is 0.124. The number of carbonyl (C=O) groups is 1. The first-order valence-corrected chi connectivity index (χ1v) is 6.57. The highest BCUT2D eigenvalue weighted by Gasteiger charge is 2.23. The molecular formula is C15H23NO3. The molecular weight excluding hydrogens is 242 g/mol. The number of carbonyl (C=O) groups excluding carboxylic acids is 1. The van der Waals surface area contributed by atoms with Crippen molar-refractivity contribution in [3.8, 4) is 0 Å². The summed E-state index contributed by atoms with van der Waals surface area (Å²) in [6.45, 7) is 4.90. The fourth-order valence-corrected chi connectivity index (χ4v) is 1.83. The monoisotopic (exact) mass is 265 g/mol. The van der Waals surface area contributed by atoms with Gasteiger partial charge >= 0.3 is 5.97 Å². The highest BCUT2D eigenvalue weighted by atomic mass is 16.5. The van der Waals surface area contributed by atoms with Crippen molar-refractivity contribution in [2.75, 3.05) is 13.7 Å². The molecule has 106 valence electrons. The largest absolute Gasteiger partial charge is 0.469 e. The summed E-state index contributed by atoms with van der Waals surface area (Å²) in [6, 6.07) is 9.01. The molecule has 19 heavy (non-hydrogen) atoms. The van der Waals surface area contributed by atoms with Gasteiger partial charge < -0.3 is 15.2 Å². The predicted octanol–water partition coefficient (Wildman–Crippen LogP) is 1.90. The van der Waals surface area contributed by atoms with Gasteiger partial charge in [-0.25, -0.2) is 0 Å². The molecule has 0 aliphatic rings. The van der Waals surface area contributed by atoms with Gasteiger partial charge in [-0.1, -0.05) is 44.2 Å². The molecule has 2 N–H and O–H groups in total. The second-order valence-corrected chi connectivity index (χ2v) is 5.04. The minimum atomic E-state index is -0.723. The lowest BCUT2D eigenvalue weighted by Gasteiger charge is -2.24. The molecule has 0 spiro atoms. The molecule has 0 fully saturated rings. The summed E-state index contributed by atoms with van der Waals surface area (Å²) in [7, 11) is 1.36. The zero-order valence-electron chi connectivity index (χ0n) is 11.8. The first-order valence-electron chi connectivity index (χ1n) is 6.57. The average molecular weight is 265 g/mol. The van der Waals surface area contributed by atoms with E-state index in [-0.39, 0.29) is 18.4 Å². The van der Waals surface area contributed by atoms with Gasteiger partial charge in [0, 0.05) is 6.04 Å². The molecule has 0 radical (unpaired) electrons. The third-order valence-electron chi connectivity index (χ3n) is 2.92. The maximum atomic E-state index is 11.4. The van der Waals surface area contributed by atoms with E-state index < -0.39 is 6.10 Å². The van der Waals surface area contributed by atoms with E-state index in [1.165, 1.54) is 7.11 Å². The van der Waals surface area contributed by atoms with Crippen LogP contribution < -0.4 is 5.32 Å². The van der Waals surface area contributed by atoms with E-state index in [0.717, 1.165) is 12.1 Å². The quantitative estimate of drug-likeness (QED) is 0.739. The smallest absolute Gasteiger partial charge is 0.307 e. The number of rotatable bonds is 7. The van der Waals surface area contributed by atoms with Gasteiger partial charge in [0.25, 0.3) is 0 Å². The van der Waals surface area contributed by atoms with Crippen molar-refractivity contribution >= 4 is 5.97 Å². The number of aliphatic hydroxyl groups is 1. The zero-order valence-corrected chi connectivity index (χ0v) is 11.8. The van der Waals surface area contributed by atoms with E-state index in [9.17, 15) is 9.90 Å². The maximum Gasteiger partial charge on any atom is 0.307 e. The zero-order chi connectivity index (χ0) is 14.3. The summed E-state index contributed by atoms with van der Waals surface area (Å²) >= 11 is 0. The molecule has 2 unspecified atom stereocenters. The Bertz CT molecular complexity index is 378. The van der Waals surface area contributed by atoms with Crippen LogP contribution >= 0.6 is 0 Å². The van der Waals surface area contributed by atoms with E-state index in [1.807, 2.05) is 30.3 Å². The van der Waals surface area contributed by atoms with Crippen molar-refractivity contribution in [1.29, 1.82) is 0 Å². The molecule has 0 heterocycles. The Hall–Kier alpha value is -1.39. The third kappa shape index (κ3) is 5.41. The van der Waals surface area contributed by atoms with Crippen LogP contribution in [0.2, 0.25) is 0 Å². The van der Waals surface area contributed by atoms with E-state index in [0.29, 0.717) is 5.92 Å². The van der Waals surface area contributed by atoms with Gasteiger partial charge in [-0.2, -0.15) is 0 Å². The van der Waals surface area contributed by atoms with Gasteiger partial charge in [0.15, 0.2) is 0 Å². The minimum Gasteiger partial charge on any atom is -0.469 e. The summed E-state index contributed by atoms with van der Waals surface area (Å²) in [6.07, 6.45) is -0.571. The first kappa shape index (κ1) is 15.7. The average Bonchev–Trinajstić information content (AvgIpc) is 2.43. The van der Waals surface area contributed by atoms with Crippen LogP contribution in [0.25, 0.3) is 0 Å². The number of methoxy groups -OCH3 is 1. The molecule has 0 aliphatic heterocycles. The van der Waals surface area contributed by atoms with E-state index >= 15 is 0 Å². The Morgan fingerprint density at radius 2 is 1.95 bits per heavy atom. The van der Waals surface area contributed by atoms with Crippen LogP contribution in [-0.2, 0) is 9.53 Å². The SMILES string of the molecule is COC(=O)CC(NCC(C)C)C(O)c1ccccc1. The van der Waals surface area contributed by atoms with E-state index in [2.05, 4.69) is 23.9 Å². The lowest BCUT2D eigenvalue weighted by molar-refractivity contribution is -0.142. The molecule has 0 amide bonds. The van der Waals surface area contributed by atoms with Crippen LogP contribution in [0, 0.1) is 5.92 Å². The Morgan fingerprint density at radius 3 is 2.47 bits per heavy atom. The summed E-state index contributed by atoms with van der Waals surface area (Å²) in [5.41, 5.74) is 0.799. The lowest BCUT2D eigenvalue weighted by Crippen LogP contribution is -2.39. The van der Waals surface area contributed by atoms with Gasteiger partial charge in [-0.3, -0.25) is 4.79 Å². The number of aliphatic hydroxyl groups excluding tert-OH is 1. The molecule has 0 aliphatic carbocycles. The van der Waals surface area contributed by atoms with Crippen molar-refractivity contribution in [3.05, 3.63) is 35.9 Å². The predicted molar refractivity (Wildman–Crippen MR) is 74.7 cm³/mol. The third-order valence-corrected chi connectivity index (χ3v) is 2.92. The molecule has 1 aromatic carbocycles. The number of esters is 1. The second-order valence-electron chi connectivity index (χ2n) is 5.04. The molecule has 4 nitrogen and oxygen atoms in total. The van der Waals surface area contributed by atoms with Crippen molar-refractivity contribution in [1.82, 2.24) is 5.32 Å². The number of hydrogen-bond donors (Lipinski definition) is 2. The van der Waals surface area contributed by atoms with Crippen molar-refractivity contribution in [3.63, 3.8) is 0 Å². The summed E-state index contributed by atoms with van der Waals surface area (Å²) < 4.78 is 4.68. The summed E-state index contributed by atoms with van der Waals surface area (Å²) in [5, 5.41) is 13.6. The second kappa shape index (κ2) is 7.92. The standard InChI is InChI=1S/C15H23NO3/c1-11(2)10-16-13(9-14(17)19-3)15(18)12-7-5-4-6-8-12/h4-8,11,13,15-16,18H,9-10H2,1-3H3. The van der Waals surface area contributed by atoms with Gasteiger partial charge in [-0.05, 0) is 18.0 Å². The Labute approximate surface area is 114 Å². The number of ether oxygens (including phenoxy) is 1. The van der Waals surface area contributed by atoms with Crippen LogP contribution in [0.15, 0.2) is 30.3 Å². The van der Waals surface area contributed by atoms with Crippen LogP contribution in [0.3, 0.4) is 0 Å². The molecule has 2 atom stereocenters.